The Bertz CT molecular complexity index is 372. The summed E-state index contributed by atoms with van der Waals surface area (Å²) in [6.07, 6.45) is 0. The zero-order valence-corrected chi connectivity index (χ0v) is 10.8. The quantitative estimate of drug-likeness (QED) is 0.809. The van der Waals surface area contributed by atoms with Crippen molar-refractivity contribution in [2.45, 2.75) is 19.4 Å². The van der Waals surface area contributed by atoms with Gasteiger partial charge >= 0.3 is 0 Å². The monoisotopic (exact) mass is 236 g/mol. The van der Waals surface area contributed by atoms with Gasteiger partial charge in [-0.1, -0.05) is 12.1 Å². The molecule has 0 aliphatic carbocycles. The molecule has 1 amide bonds. The molecule has 2 N–H and O–H groups in total. The van der Waals surface area contributed by atoms with E-state index in [1.165, 1.54) is 0 Å². The van der Waals surface area contributed by atoms with Crippen molar-refractivity contribution in [3.05, 3.63) is 29.8 Å². The minimum absolute atomic E-state index is 0.0201. The van der Waals surface area contributed by atoms with E-state index in [0.717, 1.165) is 11.3 Å². The second-order valence-electron chi connectivity index (χ2n) is 4.43. The number of hydrogen-bond donors (Lipinski definition) is 2. The fourth-order valence-corrected chi connectivity index (χ4v) is 1.63. The van der Waals surface area contributed by atoms with Crippen molar-refractivity contribution >= 4 is 5.91 Å². The van der Waals surface area contributed by atoms with Crippen LogP contribution in [-0.4, -0.2) is 26.6 Å². The highest BCUT2D eigenvalue weighted by atomic mass is 16.5. The van der Waals surface area contributed by atoms with Crippen molar-refractivity contribution < 1.29 is 9.53 Å². The van der Waals surface area contributed by atoms with E-state index >= 15 is 0 Å². The molecular formula is C13H20N2O2. The molecule has 17 heavy (non-hydrogen) atoms. The Hall–Kier alpha value is -1.55. The topological polar surface area (TPSA) is 50.4 Å². The summed E-state index contributed by atoms with van der Waals surface area (Å²) < 4.78 is 5.10. The molecule has 1 rings (SSSR count). The Balaban J connectivity index is 2.77. The Morgan fingerprint density at radius 1 is 1.29 bits per heavy atom. The van der Waals surface area contributed by atoms with Crippen LogP contribution in [0.25, 0.3) is 0 Å². The van der Waals surface area contributed by atoms with Crippen LogP contribution in [0.5, 0.6) is 5.75 Å². The number of hydrogen-bond acceptors (Lipinski definition) is 3. The normalized spacial score (nSPS) is 11.1. The Morgan fingerprint density at radius 3 is 2.35 bits per heavy atom. The summed E-state index contributed by atoms with van der Waals surface area (Å²) in [5.41, 5.74) is 0.656. The van der Waals surface area contributed by atoms with Crippen LogP contribution in [0.2, 0.25) is 0 Å². The third-order valence-corrected chi connectivity index (χ3v) is 2.60. The number of carbonyl (C=O) groups excluding carboxylic acids is 1. The fraction of sp³-hybridized carbons (Fsp3) is 0.462. The lowest BCUT2D eigenvalue weighted by Crippen LogP contribution is -2.44. The van der Waals surface area contributed by atoms with E-state index in [2.05, 4.69) is 10.6 Å². The van der Waals surface area contributed by atoms with Crippen LogP contribution in [0.15, 0.2) is 24.3 Å². The standard InChI is InChI=1S/C13H20N2O2/c1-13(2,15-12(16)9-14-3)10-5-7-11(17-4)8-6-10/h5-8,14H,9H2,1-4H3,(H,15,16). The van der Waals surface area contributed by atoms with Gasteiger partial charge in [-0.05, 0) is 38.6 Å². The molecule has 1 aromatic rings. The first kappa shape index (κ1) is 13.5. The number of ether oxygens (including phenoxy) is 1. The molecule has 0 aliphatic heterocycles. The maximum atomic E-state index is 11.6. The minimum Gasteiger partial charge on any atom is -0.497 e. The van der Waals surface area contributed by atoms with Gasteiger partial charge in [0.05, 0.1) is 19.2 Å². The molecule has 0 bridgehead atoms. The van der Waals surface area contributed by atoms with Crippen LogP contribution < -0.4 is 15.4 Å². The van der Waals surface area contributed by atoms with E-state index in [1.807, 2.05) is 38.1 Å². The zero-order valence-electron chi connectivity index (χ0n) is 10.8. The van der Waals surface area contributed by atoms with E-state index in [0.29, 0.717) is 6.54 Å². The first-order valence-electron chi connectivity index (χ1n) is 5.59. The molecule has 1 aromatic carbocycles. The molecule has 94 valence electrons. The molecule has 0 unspecified atom stereocenters. The van der Waals surface area contributed by atoms with E-state index in [1.54, 1.807) is 14.2 Å². The summed E-state index contributed by atoms with van der Waals surface area (Å²) in [7, 11) is 3.38. The summed E-state index contributed by atoms with van der Waals surface area (Å²) in [4.78, 5) is 11.6. The second kappa shape index (κ2) is 5.68. The van der Waals surface area contributed by atoms with E-state index < -0.39 is 0 Å². The van der Waals surface area contributed by atoms with Gasteiger partial charge in [-0.25, -0.2) is 0 Å². The summed E-state index contributed by atoms with van der Waals surface area (Å²) >= 11 is 0. The van der Waals surface area contributed by atoms with Gasteiger partial charge in [0.25, 0.3) is 0 Å². The molecule has 4 nitrogen and oxygen atoms in total. The van der Waals surface area contributed by atoms with Crippen molar-refractivity contribution in [2.24, 2.45) is 0 Å². The molecule has 0 aliphatic rings. The average Bonchev–Trinajstić information content (AvgIpc) is 2.28. The molecular weight excluding hydrogens is 216 g/mol. The molecule has 0 aromatic heterocycles. The Kier molecular flexibility index (Phi) is 4.52. The fourth-order valence-electron chi connectivity index (χ4n) is 1.63. The summed E-state index contributed by atoms with van der Waals surface area (Å²) in [5, 5.41) is 5.80. The number of amides is 1. The number of benzene rings is 1. The van der Waals surface area contributed by atoms with Crippen molar-refractivity contribution in [3.8, 4) is 5.75 Å². The third kappa shape index (κ3) is 3.75. The molecule has 0 atom stereocenters. The molecule has 4 heteroatoms. The van der Waals surface area contributed by atoms with Gasteiger partial charge in [0.15, 0.2) is 0 Å². The molecule has 0 saturated carbocycles. The van der Waals surface area contributed by atoms with Crippen LogP contribution in [0.4, 0.5) is 0 Å². The SMILES string of the molecule is CNCC(=O)NC(C)(C)c1ccc(OC)cc1. The highest BCUT2D eigenvalue weighted by Gasteiger charge is 2.22. The van der Waals surface area contributed by atoms with Crippen LogP contribution in [0, 0.1) is 0 Å². The van der Waals surface area contributed by atoms with Crippen molar-refractivity contribution in [3.63, 3.8) is 0 Å². The van der Waals surface area contributed by atoms with Gasteiger partial charge in [-0.2, -0.15) is 0 Å². The van der Waals surface area contributed by atoms with Gasteiger partial charge in [-0.15, -0.1) is 0 Å². The molecule has 0 spiro atoms. The third-order valence-electron chi connectivity index (χ3n) is 2.60. The van der Waals surface area contributed by atoms with Crippen molar-refractivity contribution in [2.75, 3.05) is 20.7 Å². The van der Waals surface area contributed by atoms with Gasteiger partial charge < -0.3 is 15.4 Å². The number of methoxy groups -OCH3 is 1. The van der Waals surface area contributed by atoms with Gasteiger partial charge in [0, 0.05) is 0 Å². The molecule has 0 fully saturated rings. The lowest BCUT2D eigenvalue weighted by atomic mass is 9.94. The summed E-state index contributed by atoms with van der Waals surface area (Å²) in [6.45, 7) is 4.27. The smallest absolute Gasteiger partial charge is 0.234 e. The number of nitrogens with one attached hydrogen (secondary N) is 2. The van der Waals surface area contributed by atoms with E-state index in [-0.39, 0.29) is 11.4 Å². The first-order chi connectivity index (χ1) is 7.99. The number of rotatable bonds is 5. The largest absolute Gasteiger partial charge is 0.497 e. The van der Waals surface area contributed by atoms with Crippen LogP contribution >= 0.6 is 0 Å². The predicted octanol–water partition coefficient (Wildman–Crippen LogP) is 1.27. The summed E-state index contributed by atoms with van der Waals surface area (Å²) in [5.74, 6) is 0.791. The predicted molar refractivity (Wildman–Crippen MR) is 68.1 cm³/mol. The van der Waals surface area contributed by atoms with Crippen LogP contribution in [-0.2, 0) is 10.3 Å². The Labute approximate surface area is 102 Å². The van der Waals surface area contributed by atoms with Gasteiger partial charge in [0.1, 0.15) is 5.75 Å². The highest BCUT2D eigenvalue weighted by Crippen LogP contribution is 2.22. The van der Waals surface area contributed by atoms with Gasteiger partial charge in [-0.3, -0.25) is 4.79 Å². The highest BCUT2D eigenvalue weighted by molar-refractivity contribution is 5.78. The lowest BCUT2D eigenvalue weighted by Gasteiger charge is -2.27. The lowest BCUT2D eigenvalue weighted by molar-refractivity contribution is -0.121. The number of likely N-dealkylation sites (N-methyl/N-ethyl adjacent to an activating group) is 1. The zero-order chi connectivity index (χ0) is 12.9. The maximum absolute atomic E-state index is 11.6. The Morgan fingerprint density at radius 2 is 1.88 bits per heavy atom. The van der Waals surface area contributed by atoms with Gasteiger partial charge in [0.2, 0.25) is 5.91 Å². The molecule has 0 heterocycles. The van der Waals surface area contributed by atoms with Crippen molar-refractivity contribution in [1.82, 2.24) is 10.6 Å². The van der Waals surface area contributed by atoms with E-state index in [9.17, 15) is 4.79 Å². The van der Waals surface area contributed by atoms with Crippen LogP contribution in [0.3, 0.4) is 0 Å². The average molecular weight is 236 g/mol. The summed E-state index contributed by atoms with van der Waals surface area (Å²) in [6, 6.07) is 7.69. The molecule has 0 saturated heterocycles. The minimum atomic E-state index is -0.389. The molecule has 0 radical (unpaired) electrons. The number of carbonyl (C=O) groups is 1. The second-order valence-corrected chi connectivity index (χ2v) is 4.43. The van der Waals surface area contributed by atoms with E-state index in [4.69, 9.17) is 4.74 Å². The van der Waals surface area contributed by atoms with Crippen LogP contribution in [0.1, 0.15) is 19.4 Å². The van der Waals surface area contributed by atoms with Crippen molar-refractivity contribution in [1.29, 1.82) is 0 Å². The maximum Gasteiger partial charge on any atom is 0.234 e. The first-order valence-corrected chi connectivity index (χ1v) is 5.59.